The summed E-state index contributed by atoms with van der Waals surface area (Å²) in [5.74, 6) is -0.506. The maximum atomic E-state index is 12.1. The number of aliphatic hydroxyl groups excluding tert-OH is 4. The van der Waals surface area contributed by atoms with Gasteiger partial charge >= 0.3 is 0 Å². The number of benzene rings is 3. The highest BCUT2D eigenvalue weighted by Crippen LogP contribution is 2.33. The molecule has 0 radical (unpaired) electrons. The van der Waals surface area contributed by atoms with Crippen LogP contribution in [0.3, 0.4) is 0 Å². The predicted molar refractivity (Wildman–Crippen MR) is 167 cm³/mol. The minimum atomic E-state index is -1.54. The molecule has 10 atom stereocenters. The van der Waals surface area contributed by atoms with E-state index in [2.05, 4.69) is 5.32 Å². The minimum absolute atomic E-state index is 0.0118. The van der Waals surface area contributed by atoms with Crippen LogP contribution in [0.2, 0.25) is 0 Å². The lowest BCUT2D eigenvalue weighted by molar-refractivity contribution is -0.354. The molecule has 2 aliphatic heterocycles. The average molecular weight is 654 g/mol. The molecule has 0 spiro atoms. The van der Waals surface area contributed by atoms with Crippen LogP contribution in [-0.2, 0) is 53.0 Å². The van der Waals surface area contributed by atoms with Crippen LogP contribution in [0, 0.1) is 0 Å². The summed E-state index contributed by atoms with van der Waals surface area (Å²) < 4.78 is 37.2. The zero-order valence-electron chi connectivity index (χ0n) is 26.1. The van der Waals surface area contributed by atoms with E-state index in [9.17, 15) is 25.2 Å². The summed E-state index contributed by atoms with van der Waals surface area (Å²) in [5.41, 5.74) is 2.64. The van der Waals surface area contributed by atoms with Crippen LogP contribution in [0.25, 0.3) is 0 Å². The molecule has 12 heteroatoms. The van der Waals surface area contributed by atoms with Crippen molar-refractivity contribution < 1.29 is 53.6 Å². The Balaban J connectivity index is 1.45. The number of hydrogen-bond donors (Lipinski definition) is 5. The first kappa shape index (κ1) is 35.0. The third-order valence-electron chi connectivity index (χ3n) is 8.12. The zero-order valence-corrected chi connectivity index (χ0v) is 26.1. The summed E-state index contributed by atoms with van der Waals surface area (Å²) in [7, 11) is 0. The smallest absolute Gasteiger partial charge is 0.217 e. The first-order chi connectivity index (χ1) is 22.8. The molecular weight excluding hydrogens is 610 g/mol. The van der Waals surface area contributed by atoms with Gasteiger partial charge in [-0.2, -0.15) is 0 Å². The van der Waals surface area contributed by atoms with Gasteiger partial charge in [0.15, 0.2) is 12.6 Å². The molecule has 0 saturated carbocycles. The van der Waals surface area contributed by atoms with Crippen molar-refractivity contribution in [2.75, 3.05) is 13.2 Å². The summed E-state index contributed by atoms with van der Waals surface area (Å²) in [6.45, 7) is 1.15. The molecule has 5 N–H and O–H groups in total. The third-order valence-corrected chi connectivity index (χ3v) is 8.12. The van der Waals surface area contributed by atoms with Gasteiger partial charge in [0, 0.05) is 6.92 Å². The van der Waals surface area contributed by atoms with Crippen molar-refractivity contribution >= 4 is 5.91 Å². The number of nitrogens with one attached hydrogen (secondary N) is 1. The van der Waals surface area contributed by atoms with Gasteiger partial charge in [-0.25, -0.2) is 0 Å². The Hall–Kier alpha value is -3.27. The van der Waals surface area contributed by atoms with E-state index in [1.54, 1.807) is 0 Å². The van der Waals surface area contributed by atoms with E-state index in [4.69, 9.17) is 28.4 Å². The predicted octanol–water partition coefficient (Wildman–Crippen LogP) is 1.42. The van der Waals surface area contributed by atoms with E-state index in [1.165, 1.54) is 6.92 Å². The van der Waals surface area contributed by atoms with Gasteiger partial charge in [-0.3, -0.25) is 4.79 Å². The second-order valence-electron chi connectivity index (χ2n) is 11.6. The van der Waals surface area contributed by atoms with E-state index in [1.807, 2.05) is 91.0 Å². The Morgan fingerprint density at radius 1 is 0.702 bits per heavy atom. The van der Waals surface area contributed by atoms with Crippen molar-refractivity contribution in [3.8, 4) is 0 Å². The van der Waals surface area contributed by atoms with Crippen LogP contribution < -0.4 is 5.32 Å². The van der Waals surface area contributed by atoms with E-state index < -0.39 is 73.9 Å². The highest BCUT2D eigenvalue weighted by atomic mass is 16.7. The number of ether oxygens (including phenoxy) is 6. The van der Waals surface area contributed by atoms with Gasteiger partial charge in [0.1, 0.15) is 48.8 Å². The van der Waals surface area contributed by atoms with E-state index >= 15 is 0 Å². The maximum Gasteiger partial charge on any atom is 0.217 e. The quantitative estimate of drug-likeness (QED) is 0.171. The molecule has 2 heterocycles. The molecule has 3 aromatic carbocycles. The molecule has 0 aromatic heterocycles. The van der Waals surface area contributed by atoms with Crippen molar-refractivity contribution in [3.05, 3.63) is 108 Å². The van der Waals surface area contributed by atoms with Crippen LogP contribution in [0.1, 0.15) is 23.6 Å². The molecule has 2 fully saturated rings. The topological polar surface area (TPSA) is 165 Å². The number of carbonyl (C=O) groups excluding carboxylic acids is 1. The molecule has 3 aromatic rings. The van der Waals surface area contributed by atoms with Crippen molar-refractivity contribution in [2.45, 2.75) is 88.1 Å². The highest BCUT2D eigenvalue weighted by molar-refractivity contribution is 5.73. The molecular formula is C35H43NO11. The van der Waals surface area contributed by atoms with Gasteiger partial charge in [0.25, 0.3) is 0 Å². The number of aliphatic hydroxyl groups is 4. The van der Waals surface area contributed by atoms with Crippen molar-refractivity contribution in [3.63, 3.8) is 0 Å². The number of carbonyl (C=O) groups is 1. The summed E-state index contributed by atoms with van der Waals surface area (Å²) in [6, 6.07) is 27.2. The number of amides is 1. The number of rotatable bonds is 14. The summed E-state index contributed by atoms with van der Waals surface area (Å²) in [6.07, 6.45) is -11.2. The lowest BCUT2D eigenvalue weighted by Crippen LogP contribution is -2.68. The minimum Gasteiger partial charge on any atom is -0.394 e. The van der Waals surface area contributed by atoms with Gasteiger partial charge in [-0.05, 0) is 16.7 Å². The Morgan fingerprint density at radius 3 is 1.77 bits per heavy atom. The Labute approximate surface area is 273 Å². The largest absolute Gasteiger partial charge is 0.394 e. The monoisotopic (exact) mass is 653 g/mol. The molecule has 2 aliphatic rings. The van der Waals surface area contributed by atoms with Gasteiger partial charge in [0.2, 0.25) is 5.91 Å². The highest BCUT2D eigenvalue weighted by Gasteiger charge is 2.52. The molecule has 2 saturated heterocycles. The van der Waals surface area contributed by atoms with Crippen LogP contribution in [0.5, 0.6) is 0 Å². The second kappa shape index (κ2) is 17.2. The third kappa shape index (κ3) is 9.42. The van der Waals surface area contributed by atoms with E-state index in [0.29, 0.717) is 0 Å². The van der Waals surface area contributed by atoms with Crippen molar-refractivity contribution in [1.29, 1.82) is 0 Å². The molecule has 0 bridgehead atoms. The lowest BCUT2D eigenvalue weighted by Gasteiger charge is -2.48. The zero-order chi connectivity index (χ0) is 33.2. The second-order valence-corrected chi connectivity index (χ2v) is 11.6. The molecule has 5 rings (SSSR count). The van der Waals surface area contributed by atoms with Crippen LogP contribution in [-0.4, -0.2) is 101 Å². The SMILES string of the molecule is CC(=O)N[C@H]1[C@H](O[C@@H]2[C@@H](OCc3ccccc3)[C@@H](O)O[C@H](COCc3ccccc3)[C@@H]2OCc2ccccc2)O[C@H](CO)[C@@H](O)[C@@H]1O. The molecule has 1 amide bonds. The molecule has 254 valence electrons. The standard InChI is InChI=1S/C35H43NO11/c1-22(38)36-28-30(40)29(39)26(17-37)46-35(28)47-32-31(43-19-24-13-7-3-8-14-24)27(21-42-18-23-11-5-2-6-12-23)45-34(41)33(32)44-20-25-15-9-4-10-16-25/h2-16,26-35,37,39-41H,17-21H2,1H3,(H,36,38)/t26-,27-,28-,29-,30-,31+,32+,33-,34+,35+/m1/s1. The van der Waals surface area contributed by atoms with Gasteiger partial charge < -0.3 is 54.2 Å². The average Bonchev–Trinajstić information content (AvgIpc) is 3.08. The fourth-order valence-electron chi connectivity index (χ4n) is 5.71. The Morgan fingerprint density at radius 2 is 1.23 bits per heavy atom. The summed E-state index contributed by atoms with van der Waals surface area (Å²) in [4.78, 5) is 12.1. The van der Waals surface area contributed by atoms with E-state index in [0.717, 1.165) is 16.7 Å². The Bertz CT molecular complexity index is 1350. The van der Waals surface area contributed by atoms with Gasteiger partial charge in [-0.15, -0.1) is 0 Å². The Kier molecular flexibility index (Phi) is 12.8. The van der Waals surface area contributed by atoms with Crippen LogP contribution in [0.15, 0.2) is 91.0 Å². The lowest BCUT2D eigenvalue weighted by atomic mass is 9.95. The fourth-order valence-corrected chi connectivity index (χ4v) is 5.71. The van der Waals surface area contributed by atoms with Gasteiger partial charge in [0.05, 0.1) is 33.0 Å². The molecule has 0 unspecified atom stereocenters. The first-order valence-electron chi connectivity index (χ1n) is 15.6. The molecule has 12 nitrogen and oxygen atoms in total. The van der Waals surface area contributed by atoms with E-state index in [-0.39, 0.29) is 26.4 Å². The molecule has 47 heavy (non-hydrogen) atoms. The summed E-state index contributed by atoms with van der Waals surface area (Å²) in [5, 5.41) is 45.4. The van der Waals surface area contributed by atoms with Crippen molar-refractivity contribution in [2.24, 2.45) is 0 Å². The van der Waals surface area contributed by atoms with Crippen LogP contribution in [0.4, 0.5) is 0 Å². The number of hydrogen-bond acceptors (Lipinski definition) is 11. The normalized spacial score (nSPS) is 30.9. The van der Waals surface area contributed by atoms with Crippen molar-refractivity contribution in [1.82, 2.24) is 5.32 Å². The summed E-state index contributed by atoms with van der Waals surface area (Å²) >= 11 is 0. The van der Waals surface area contributed by atoms with Crippen LogP contribution >= 0.6 is 0 Å². The van der Waals surface area contributed by atoms with Gasteiger partial charge in [-0.1, -0.05) is 91.0 Å². The maximum absolute atomic E-state index is 12.1. The fraction of sp³-hybridized carbons (Fsp3) is 0.457. The first-order valence-corrected chi connectivity index (χ1v) is 15.6. The molecule has 0 aliphatic carbocycles.